The average Bonchev–Trinajstić information content (AvgIpc) is 3.52. The standard InChI is InChI=1S/C31H42BrN3O4S/c1-5-15-33(20-22-13-9-7-10-14-22)28(37)24-25-29(38)35(17-11-8-12-18-36)27(30(39)34(16-6-2)21(3)4)31(25)19-23(32)26(24)40-31/h5-7,9-10,13-14,21,23-27,36H,1-2,8,11-12,15-20H2,3-4H3/t23?,24-,25+,26-,27?,31?/m1/s1. The van der Waals surface area contributed by atoms with E-state index in [1.165, 1.54) is 0 Å². The first-order chi connectivity index (χ1) is 19.2. The summed E-state index contributed by atoms with van der Waals surface area (Å²) in [5.41, 5.74) is 1.02. The number of thioether (sulfide) groups is 1. The monoisotopic (exact) mass is 631 g/mol. The van der Waals surface area contributed by atoms with Gasteiger partial charge in [0.15, 0.2) is 0 Å². The molecule has 0 radical (unpaired) electrons. The molecule has 7 nitrogen and oxygen atoms in total. The number of benzene rings is 1. The van der Waals surface area contributed by atoms with Crippen LogP contribution in [0.4, 0.5) is 0 Å². The summed E-state index contributed by atoms with van der Waals surface area (Å²) < 4.78 is -0.675. The molecular formula is C31H42BrN3O4S. The molecule has 0 aliphatic carbocycles. The van der Waals surface area contributed by atoms with E-state index < -0.39 is 22.6 Å². The minimum atomic E-state index is -0.675. The number of hydrogen-bond acceptors (Lipinski definition) is 5. The molecule has 3 unspecified atom stereocenters. The fourth-order valence-corrected chi connectivity index (χ4v) is 10.4. The van der Waals surface area contributed by atoms with Crippen LogP contribution in [0.15, 0.2) is 55.6 Å². The molecule has 0 aromatic heterocycles. The van der Waals surface area contributed by atoms with Crippen LogP contribution in [0.5, 0.6) is 0 Å². The molecule has 40 heavy (non-hydrogen) atoms. The first-order valence-corrected chi connectivity index (χ1v) is 16.1. The van der Waals surface area contributed by atoms with Crippen molar-refractivity contribution in [2.45, 2.75) is 73.0 Å². The highest BCUT2D eigenvalue weighted by Crippen LogP contribution is 2.68. The van der Waals surface area contributed by atoms with Gasteiger partial charge in [-0.15, -0.1) is 24.9 Å². The summed E-state index contributed by atoms with van der Waals surface area (Å²) in [5.74, 6) is -1.29. The van der Waals surface area contributed by atoms with Crippen LogP contribution in [0, 0.1) is 11.8 Å². The van der Waals surface area contributed by atoms with Crippen molar-refractivity contribution in [3.63, 3.8) is 0 Å². The van der Waals surface area contributed by atoms with Crippen LogP contribution in [0.25, 0.3) is 0 Å². The van der Waals surface area contributed by atoms with Gasteiger partial charge in [0.1, 0.15) is 6.04 Å². The lowest BCUT2D eigenvalue weighted by atomic mass is 9.70. The molecule has 3 saturated heterocycles. The van der Waals surface area contributed by atoms with Gasteiger partial charge in [-0.3, -0.25) is 14.4 Å². The van der Waals surface area contributed by atoms with Crippen molar-refractivity contribution in [1.82, 2.24) is 14.7 Å². The quantitative estimate of drug-likeness (QED) is 0.189. The van der Waals surface area contributed by atoms with E-state index in [4.69, 9.17) is 0 Å². The Bertz CT molecular complexity index is 1100. The van der Waals surface area contributed by atoms with Crippen molar-refractivity contribution in [1.29, 1.82) is 0 Å². The van der Waals surface area contributed by atoms with Crippen molar-refractivity contribution < 1.29 is 19.5 Å². The lowest BCUT2D eigenvalue weighted by molar-refractivity contribution is -0.145. The predicted molar refractivity (Wildman–Crippen MR) is 164 cm³/mol. The predicted octanol–water partition coefficient (Wildman–Crippen LogP) is 4.25. The number of aliphatic hydroxyl groups excluding tert-OH is 1. The van der Waals surface area contributed by atoms with E-state index in [1.54, 1.807) is 38.6 Å². The van der Waals surface area contributed by atoms with Crippen LogP contribution in [0.1, 0.15) is 45.1 Å². The number of nitrogens with zero attached hydrogens (tertiary/aromatic N) is 3. The van der Waals surface area contributed by atoms with E-state index >= 15 is 0 Å². The normalized spacial score (nSPS) is 28.6. The number of hydrogen-bond donors (Lipinski definition) is 1. The molecule has 3 amide bonds. The number of carbonyl (C=O) groups is 3. The molecule has 4 rings (SSSR count). The molecule has 3 aliphatic rings. The number of alkyl halides is 1. The fraction of sp³-hybridized carbons (Fsp3) is 0.581. The van der Waals surface area contributed by atoms with Crippen molar-refractivity contribution in [2.75, 3.05) is 26.2 Å². The lowest BCUT2D eigenvalue weighted by Crippen LogP contribution is -2.57. The zero-order valence-electron chi connectivity index (χ0n) is 23.6. The Hall–Kier alpha value is -2.10. The second-order valence-corrected chi connectivity index (χ2v) is 14.1. The highest BCUT2D eigenvalue weighted by Gasteiger charge is 2.76. The van der Waals surface area contributed by atoms with E-state index in [0.29, 0.717) is 45.4 Å². The average molecular weight is 633 g/mol. The summed E-state index contributed by atoms with van der Waals surface area (Å²) in [7, 11) is 0. The van der Waals surface area contributed by atoms with Gasteiger partial charge < -0.3 is 19.8 Å². The second-order valence-electron chi connectivity index (χ2n) is 11.3. The zero-order chi connectivity index (χ0) is 29.0. The maximum Gasteiger partial charge on any atom is 0.247 e. The molecule has 3 heterocycles. The number of halogens is 1. The summed E-state index contributed by atoms with van der Waals surface area (Å²) in [5, 5.41) is 9.18. The van der Waals surface area contributed by atoms with Crippen LogP contribution in [-0.2, 0) is 20.9 Å². The summed E-state index contributed by atoms with van der Waals surface area (Å²) in [6.45, 7) is 13.5. The van der Waals surface area contributed by atoms with E-state index in [2.05, 4.69) is 29.1 Å². The van der Waals surface area contributed by atoms with Gasteiger partial charge in [0.25, 0.3) is 0 Å². The van der Waals surface area contributed by atoms with Gasteiger partial charge in [-0.05, 0) is 45.1 Å². The minimum Gasteiger partial charge on any atom is -0.396 e. The van der Waals surface area contributed by atoms with Gasteiger partial charge in [0, 0.05) is 48.9 Å². The largest absolute Gasteiger partial charge is 0.396 e. The van der Waals surface area contributed by atoms with Crippen LogP contribution < -0.4 is 0 Å². The van der Waals surface area contributed by atoms with Crippen LogP contribution in [0.3, 0.4) is 0 Å². The number of rotatable bonds is 14. The second kappa shape index (κ2) is 13.3. The van der Waals surface area contributed by atoms with Crippen LogP contribution >= 0.6 is 27.7 Å². The van der Waals surface area contributed by atoms with Crippen molar-refractivity contribution in [3.8, 4) is 0 Å². The Morgan fingerprint density at radius 3 is 2.48 bits per heavy atom. The third kappa shape index (κ3) is 5.66. The number of fused-ring (bicyclic) bond motifs is 1. The smallest absolute Gasteiger partial charge is 0.247 e. The van der Waals surface area contributed by atoms with Gasteiger partial charge in [-0.1, -0.05) is 58.4 Å². The molecule has 9 heteroatoms. The number of likely N-dealkylation sites (tertiary alicyclic amines) is 1. The molecule has 3 fully saturated rings. The molecule has 0 saturated carbocycles. The Labute approximate surface area is 251 Å². The van der Waals surface area contributed by atoms with Crippen LogP contribution in [0.2, 0.25) is 0 Å². The lowest BCUT2D eigenvalue weighted by Gasteiger charge is -2.39. The molecule has 6 atom stereocenters. The van der Waals surface area contributed by atoms with E-state index in [9.17, 15) is 19.5 Å². The Morgan fingerprint density at radius 1 is 1.15 bits per heavy atom. The fourth-order valence-electron chi connectivity index (χ4n) is 6.76. The Kier molecular flexibility index (Phi) is 10.2. The van der Waals surface area contributed by atoms with Crippen molar-refractivity contribution >= 4 is 45.4 Å². The minimum absolute atomic E-state index is 0.0225. The summed E-state index contributed by atoms with van der Waals surface area (Å²) in [6, 6.07) is 9.16. The molecule has 1 aromatic rings. The third-order valence-electron chi connectivity index (χ3n) is 8.48. The van der Waals surface area contributed by atoms with E-state index in [0.717, 1.165) is 12.0 Å². The zero-order valence-corrected chi connectivity index (χ0v) is 26.0. The highest BCUT2D eigenvalue weighted by molar-refractivity contribution is 9.09. The maximum atomic E-state index is 14.3. The van der Waals surface area contributed by atoms with Gasteiger partial charge >= 0.3 is 0 Å². The van der Waals surface area contributed by atoms with E-state index in [-0.39, 0.29) is 40.4 Å². The summed E-state index contributed by atoms with van der Waals surface area (Å²) >= 11 is 5.54. The molecule has 218 valence electrons. The number of amides is 3. The maximum absolute atomic E-state index is 14.3. The topological polar surface area (TPSA) is 81.2 Å². The number of unbranched alkanes of at least 4 members (excludes halogenated alkanes) is 2. The number of carbonyl (C=O) groups excluding carboxylic acids is 3. The van der Waals surface area contributed by atoms with Gasteiger partial charge in [-0.2, -0.15) is 0 Å². The highest BCUT2D eigenvalue weighted by atomic mass is 79.9. The summed E-state index contributed by atoms with van der Waals surface area (Å²) in [4.78, 5) is 48.4. The summed E-state index contributed by atoms with van der Waals surface area (Å²) in [6.07, 6.45) is 6.24. The van der Waals surface area contributed by atoms with E-state index in [1.807, 2.05) is 44.2 Å². The van der Waals surface area contributed by atoms with Gasteiger partial charge in [0.2, 0.25) is 17.7 Å². The van der Waals surface area contributed by atoms with Crippen molar-refractivity contribution in [3.05, 3.63) is 61.2 Å². The molecule has 1 aromatic carbocycles. The first kappa shape index (κ1) is 30.8. The Morgan fingerprint density at radius 2 is 1.85 bits per heavy atom. The Balaban J connectivity index is 1.72. The van der Waals surface area contributed by atoms with Crippen molar-refractivity contribution in [2.24, 2.45) is 11.8 Å². The molecular weight excluding hydrogens is 590 g/mol. The van der Waals surface area contributed by atoms with Crippen LogP contribution in [-0.4, -0.2) is 90.7 Å². The van der Waals surface area contributed by atoms with Gasteiger partial charge in [0.05, 0.1) is 16.6 Å². The molecule has 2 bridgehead atoms. The molecule has 1 spiro atoms. The number of aliphatic hydroxyl groups is 1. The third-order valence-corrected chi connectivity index (χ3v) is 11.7. The van der Waals surface area contributed by atoms with Gasteiger partial charge in [-0.25, -0.2) is 0 Å². The SMILES string of the molecule is C=CCN(Cc1ccccc1)C(=O)[C@H]1[C@@H]2SC3(CC2Br)C(C(=O)N(CC=C)C(C)C)N(CCCCCO)C(=O)[C@H]13. The first-order valence-electron chi connectivity index (χ1n) is 14.3. The molecule has 1 N–H and O–H groups in total. The molecule has 3 aliphatic heterocycles.